The normalized spacial score (nSPS) is 39.9. The van der Waals surface area contributed by atoms with Crippen molar-refractivity contribution in [2.75, 3.05) is 12.8 Å². The first-order chi connectivity index (χ1) is 4.54. The van der Waals surface area contributed by atoms with Gasteiger partial charge in [0, 0.05) is 6.16 Å². The number of carboxylic acid groups (broad SMARTS) is 1. The number of carboxylic acids is 1. The van der Waals surface area contributed by atoms with Gasteiger partial charge in [-0.05, 0) is 19.5 Å². The van der Waals surface area contributed by atoms with Crippen molar-refractivity contribution in [3.63, 3.8) is 0 Å². The van der Waals surface area contributed by atoms with Crippen molar-refractivity contribution in [1.29, 1.82) is 0 Å². The quantitative estimate of drug-likeness (QED) is 0.590. The van der Waals surface area contributed by atoms with Crippen LogP contribution in [0.2, 0.25) is 0 Å². The minimum atomic E-state index is -2.31. The number of hydrogen-bond donors (Lipinski definition) is 1. The lowest BCUT2D eigenvalue weighted by atomic mass is 10.3. The Balaban J connectivity index is 2.79. The molecule has 0 aromatic heterocycles. The predicted octanol–water partition coefficient (Wildman–Crippen LogP) is 1.23. The number of hydrogen-bond acceptors (Lipinski definition) is 2. The molecule has 0 aromatic carbocycles. The van der Waals surface area contributed by atoms with E-state index in [1.165, 1.54) is 0 Å². The van der Waals surface area contributed by atoms with E-state index in [4.69, 9.17) is 5.11 Å². The molecule has 1 fully saturated rings. The van der Waals surface area contributed by atoms with Crippen LogP contribution < -0.4 is 0 Å². The first-order valence-corrected chi connectivity index (χ1v) is 5.74. The molecule has 4 heteroatoms. The molecule has 0 radical (unpaired) electrons. The highest BCUT2D eigenvalue weighted by Gasteiger charge is 2.38. The van der Waals surface area contributed by atoms with Crippen molar-refractivity contribution in [3.8, 4) is 0 Å². The molecular formula is C6H11O3P. The van der Waals surface area contributed by atoms with Crippen LogP contribution in [-0.4, -0.2) is 29.6 Å². The van der Waals surface area contributed by atoms with E-state index in [0.717, 1.165) is 6.42 Å². The summed E-state index contributed by atoms with van der Waals surface area (Å²) in [6, 6.07) is 0. The molecule has 1 N–H and O–H groups in total. The smallest absolute Gasteiger partial charge is 0.313 e. The maximum absolute atomic E-state index is 11.4. The second kappa shape index (κ2) is 2.39. The Hall–Kier alpha value is -0.300. The lowest BCUT2D eigenvalue weighted by Crippen LogP contribution is -2.15. The zero-order valence-corrected chi connectivity index (χ0v) is 6.80. The van der Waals surface area contributed by atoms with Crippen molar-refractivity contribution in [3.05, 3.63) is 0 Å². The molecule has 1 aliphatic rings. The fourth-order valence-electron chi connectivity index (χ4n) is 1.38. The van der Waals surface area contributed by atoms with Crippen molar-refractivity contribution in [2.24, 2.45) is 0 Å². The van der Waals surface area contributed by atoms with Crippen LogP contribution >= 0.6 is 7.14 Å². The second-order valence-corrected chi connectivity index (χ2v) is 6.31. The van der Waals surface area contributed by atoms with Crippen LogP contribution in [-0.2, 0) is 9.36 Å². The lowest BCUT2D eigenvalue weighted by molar-refractivity contribution is -0.136. The summed E-state index contributed by atoms with van der Waals surface area (Å²) in [5.41, 5.74) is -0.549. The van der Waals surface area contributed by atoms with Gasteiger partial charge in [0.25, 0.3) is 0 Å². The van der Waals surface area contributed by atoms with Gasteiger partial charge in [0.2, 0.25) is 0 Å². The van der Waals surface area contributed by atoms with Crippen LogP contribution in [0.25, 0.3) is 0 Å². The molecule has 1 saturated heterocycles. The Morgan fingerprint density at radius 2 is 2.30 bits per heavy atom. The molecule has 0 bridgehead atoms. The molecule has 0 amide bonds. The first kappa shape index (κ1) is 7.80. The van der Waals surface area contributed by atoms with Crippen molar-refractivity contribution >= 4 is 13.1 Å². The topological polar surface area (TPSA) is 54.4 Å². The molecule has 1 rings (SSSR count). The first-order valence-electron chi connectivity index (χ1n) is 3.33. The molecular weight excluding hydrogens is 151 g/mol. The van der Waals surface area contributed by atoms with Gasteiger partial charge < -0.3 is 9.67 Å². The van der Waals surface area contributed by atoms with Gasteiger partial charge >= 0.3 is 5.97 Å². The highest BCUT2D eigenvalue weighted by atomic mass is 31.2. The van der Waals surface area contributed by atoms with E-state index < -0.39 is 18.8 Å². The molecule has 2 unspecified atom stereocenters. The minimum Gasteiger partial charge on any atom is -0.481 e. The summed E-state index contributed by atoms with van der Waals surface area (Å²) in [7, 11) is -2.31. The third-order valence-corrected chi connectivity index (χ3v) is 5.03. The van der Waals surface area contributed by atoms with Crippen LogP contribution in [0, 0.1) is 0 Å². The van der Waals surface area contributed by atoms with Crippen LogP contribution in [0.3, 0.4) is 0 Å². The average Bonchev–Trinajstić information content (AvgIpc) is 2.08. The third-order valence-electron chi connectivity index (χ3n) is 2.02. The van der Waals surface area contributed by atoms with Gasteiger partial charge in [-0.15, -0.1) is 0 Å². The van der Waals surface area contributed by atoms with E-state index in [2.05, 4.69) is 0 Å². The Bertz CT molecular complexity index is 199. The summed E-state index contributed by atoms with van der Waals surface area (Å²) < 4.78 is 11.4. The summed E-state index contributed by atoms with van der Waals surface area (Å²) in [6.45, 7) is 1.60. The molecule has 2 atom stereocenters. The van der Waals surface area contributed by atoms with E-state index in [9.17, 15) is 9.36 Å². The Morgan fingerprint density at radius 3 is 2.50 bits per heavy atom. The summed E-state index contributed by atoms with van der Waals surface area (Å²) in [5, 5.41) is 8.58. The molecule has 0 saturated carbocycles. The molecule has 3 nitrogen and oxygen atoms in total. The third kappa shape index (κ3) is 1.24. The van der Waals surface area contributed by atoms with E-state index in [1.54, 1.807) is 6.66 Å². The fourth-order valence-corrected chi connectivity index (χ4v) is 3.70. The van der Waals surface area contributed by atoms with Crippen molar-refractivity contribution in [1.82, 2.24) is 0 Å². The Morgan fingerprint density at radius 1 is 1.70 bits per heavy atom. The summed E-state index contributed by atoms with van der Waals surface area (Å²) >= 11 is 0. The molecule has 1 aliphatic heterocycles. The summed E-state index contributed by atoms with van der Waals surface area (Å²) in [4.78, 5) is 10.4. The van der Waals surface area contributed by atoms with Crippen molar-refractivity contribution in [2.45, 2.75) is 18.5 Å². The van der Waals surface area contributed by atoms with Gasteiger partial charge in [-0.2, -0.15) is 0 Å². The van der Waals surface area contributed by atoms with Gasteiger partial charge in [-0.1, -0.05) is 0 Å². The average molecular weight is 162 g/mol. The maximum Gasteiger partial charge on any atom is 0.313 e. The van der Waals surface area contributed by atoms with E-state index >= 15 is 0 Å². The second-order valence-electron chi connectivity index (χ2n) is 2.89. The number of rotatable bonds is 1. The SMILES string of the molecule is CP1(=O)CCCC1C(=O)O. The van der Waals surface area contributed by atoms with Crippen LogP contribution in [0.4, 0.5) is 0 Å². The van der Waals surface area contributed by atoms with E-state index in [0.29, 0.717) is 12.6 Å². The van der Waals surface area contributed by atoms with Gasteiger partial charge in [0.15, 0.2) is 0 Å². The van der Waals surface area contributed by atoms with Gasteiger partial charge in [0.1, 0.15) is 5.66 Å². The molecule has 58 valence electrons. The van der Waals surface area contributed by atoms with Gasteiger partial charge in [-0.25, -0.2) is 0 Å². The lowest BCUT2D eigenvalue weighted by Gasteiger charge is -2.09. The number of carbonyl (C=O) groups is 1. The van der Waals surface area contributed by atoms with Crippen LogP contribution in [0.15, 0.2) is 0 Å². The standard InChI is InChI=1S/C6H11O3P/c1-10(9)4-2-3-5(10)6(7)8/h5H,2-4H2,1H3,(H,7,8). The van der Waals surface area contributed by atoms with Gasteiger partial charge in [0.05, 0.1) is 7.14 Å². The van der Waals surface area contributed by atoms with Crippen LogP contribution in [0.1, 0.15) is 12.8 Å². The number of aliphatic carboxylic acids is 1. The maximum atomic E-state index is 11.4. The van der Waals surface area contributed by atoms with Crippen LogP contribution in [0.5, 0.6) is 0 Å². The minimum absolute atomic E-state index is 0.549. The Kier molecular flexibility index (Phi) is 1.86. The fraction of sp³-hybridized carbons (Fsp3) is 0.833. The molecule has 10 heavy (non-hydrogen) atoms. The van der Waals surface area contributed by atoms with E-state index in [1.807, 2.05) is 0 Å². The molecule has 1 heterocycles. The van der Waals surface area contributed by atoms with Crippen molar-refractivity contribution < 1.29 is 14.5 Å². The summed E-state index contributed by atoms with van der Waals surface area (Å²) in [6.07, 6.45) is 2.03. The summed E-state index contributed by atoms with van der Waals surface area (Å²) in [5.74, 6) is -0.886. The predicted molar refractivity (Wildman–Crippen MR) is 39.1 cm³/mol. The van der Waals surface area contributed by atoms with Gasteiger partial charge in [-0.3, -0.25) is 4.79 Å². The Labute approximate surface area is 59.8 Å². The molecule has 0 aliphatic carbocycles. The zero-order valence-electron chi connectivity index (χ0n) is 5.91. The molecule has 0 spiro atoms. The highest BCUT2D eigenvalue weighted by molar-refractivity contribution is 7.65. The molecule has 0 aromatic rings. The highest BCUT2D eigenvalue weighted by Crippen LogP contribution is 2.54. The monoisotopic (exact) mass is 162 g/mol. The van der Waals surface area contributed by atoms with E-state index in [-0.39, 0.29) is 0 Å². The largest absolute Gasteiger partial charge is 0.481 e. The zero-order chi connectivity index (χ0) is 7.78.